The molecule has 6 heteroatoms. The van der Waals surface area contributed by atoms with E-state index in [1.54, 1.807) is 4.90 Å². The van der Waals surface area contributed by atoms with Gasteiger partial charge in [0.25, 0.3) is 0 Å². The van der Waals surface area contributed by atoms with Crippen molar-refractivity contribution in [2.24, 2.45) is 0 Å². The standard InChI is InChI=1S/C12H14F2N2O2/c1-7-6-16(5-4-15-7)9-3-2-8(12(17)18)10(13)11(9)14/h2-3,7,15H,4-6H2,1H3,(H,17,18)/t7-/m0/s1. The third-order valence-corrected chi connectivity index (χ3v) is 3.00. The third-order valence-electron chi connectivity index (χ3n) is 3.00. The molecule has 1 saturated heterocycles. The van der Waals surface area contributed by atoms with Crippen molar-refractivity contribution >= 4 is 11.7 Å². The molecule has 0 amide bonds. The maximum Gasteiger partial charge on any atom is 0.338 e. The topological polar surface area (TPSA) is 52.6 Å². The van der Waals surface area contributed by atoms with Crippen molar-refractivity contribution in [1.82, 2.24) is 5.32 Å². The van der Waals surface area contributed by atoms with Crippen molar-refractivity contribution in [3.05, 3.63) is 29.3 Å². The van der Waals surface area contributed by atoms with E-state index in [-0.39, 0.29) is 11.7 Å². The molecular formula is C12H14F2N2O2. The summed E-state index contributed by atoms with van der Waals surface area (Å²) in [6, 6.07) is 2.60. The lowest BCUT2D eigenvalue weighted by Gasteiger charge is -2.33. The van der Waals surface area contributed by atoms with Gasteiger partial charge in [0.05, 0.1) is 11.3 Å². The van der Waals surface area contributed by atoms with E-state index in [1.165, 1.54) is 6.07 Å². The number of halogens is 2. The largest absolute Gasteiger partial charge is 0.478 e. The Bertz CT molecular complexity index is 479. The predicted octanol–water partition coefficient (Wildman–Crippen LogP) is 1.46. The summed E-state index contributed by atoms with van der Waals surface area (Å²) in [5.41, 5.74) is -0.523. The van der Waals surface area contributed by atoms with E-state index in [0.29, 0.717) is 19.6 Å². The quantitative estimate of drug-likeness (QED) is 0.841. The second kappa shape index (κ2) is 4.89. The van der Waals surface area contributed by atoms with Gasteiger partial charge in [-0.2, -0.15) is 0 Å². The molecule has 0 spiro atoms. The predicted molar refractivity (Wildman–Crippen MR) is 63.0 cm³/mol. The number of hydrogen-bond donors (Lipinski definition) is 2. The van der Waals surface area contributed by atoms with Gasteiger partial charge in [-0.15, -0.1) is 0 Å². The first kappa shape index (κ1) is 12.8. The molecule has 2 rings (SSSR count). The smallest absolute Gasteiger partial charge is 0.338 e. The molecule has 1 fully saturated rings. The maximum absolute atomic E-state index is 13.8. The highest BCUT2D eigenvalue weighted by Crippen LogP contribution is 2.25. The number of anilines is 1. The van der Waals surface area contributed by atoms with Gasteiger partial charge in [-0.05, 0) is 19.1 Å². The van der Waals surface area contributed by atoms with E-state index in [9.17, 15) is 13.6 Å². The molecule has 0 saturated carbocycles. The van der Waals surface area contributed by atoms with Crippen LogP contribution in [0.5, 0.6) is 0 Å². The summed E-state index contributed by atoms with van der Waals surface area (Å²) in [6.45, 7) is 3.75. The van der Waals surface area contributed by atoms with E-state index >= 15 is 0 Å². The molecule has 98 valence electrons. The lowest BCUT2D eigenvalue weighted by atomic mass is 10.1. The van der Waals surface area contributed by atoms with Gasteiger partial charge in [-0.3, -0.25) is 0 Å². The Labute approximate surface area is 103 Å². The van der Waals surface area contributed by atoms with Crippen LogP contribution in [0, 0.1) is 11.6 Å². The minimum absolute atomic E-state index is 0.117. The molecule has 0 unspecified atom stereocenters. The second-order valence-electron chi connectivity index (χ2n) is 4.37. The normalized spacial score (nSPS) is 19.9. The summed E-state index contributed by atoms with van der Waals surface area (Å²) < 4.78 is 27.4. The van der Waals surface area contributed by atoms with Crippen LogP contribution >= 0.6 is 0 Å². The molecule has 0 aliphatic carbocycles. The molecule has 0 aromatic heterocycles. The van der Waals surface area contributed by atoms with E-state index in [1.807, 2.05) is 6.92 Å². The fourth-order valence-electron chi connectivity index (χ4n) is 2.10. The fourth-order valence-corrected chi connectivity index (χ4v) is 2.10. The maximum atomic E-state index is 13.8. The monoisotopic (exact) mass is 256 g/mol. The Morgan fingerprint density at radius 2 is 2.17 bits per heavy atom. The van der Waals surface area contributed by atoms with Crippen molar-refractivity contribution in [3.8, 4) is 0 Å². The van der Waals surface area contributed by atoms with Crippen LogP contribution in [0.25, 0.3) is 0 Å². The van der Waals surface area contributed by atoms with Crippen molar-refractivity contribution in [1.29, 1.82) is 0 Å². The molecule has 0 bridgehead atoms. The Hall–Kier alpha value is -1.69. The van der Waals surface area contributed by atoms with Gasteiger partial charge in [-0.1, -0.05) is 0 Å². The lowest BCUT2D eigenvalue weighted by Crippen LogP contribution is -2.49. The van der Waals surface area contributed by atoms with Crippen LogP contribution in [-0.4, -0.2) is 36.8 Å². The van der Waals surface area contributed by atoms with Crippen LogP contribution < -0.4 is 10.2 Å². The molecule has 1 aromatic carbocycles. The van der Waals surface area contributed by atoms with E-state index in [2.05, 4.69) is 5.32 Å². The van der Waals surface area contributed by atoms with Gasteiger partial charge in [-0.25, -0.2) is 13.6 Å². The van der Waals surface area contributed by atoms with Crippen molar-refractivity contribution in [2.45, 2.75) is 13.0 Å². The minimum Gasteiger partial charge on any atom is -0.478 e. The number of aromatic carboxylic acids is 1. The molecule has 1 aliphatic rings. The summed E-state index contributed by atoms with van der Waals surface area (Å²) in [4.78, 5) is 12.4. The number of piperazine rings is 1. The molecule has 1 heterocycles. The number of carboxylic acids is 1. The molecule has 1 aliphatic heterocycles. The first-order valence-electron chi connectivity index (χ1n) is 5.70. The number of rotatable bonds is 2. The van der Waals surface area contributed by atoms with Gasteiger partial charge in [0.1, 0.15) is 0 Å². The molecule has 2 N–H and O–H groups in total. The van der Waals surface area contributed by atoms with E-state index in [4.69, 9.17) is 5.11 Å². The summed E-state index contributed by atoms with van der Waals surface area (Å²) in [5, 5.41) is 11.9. The first-order chi connectivity index (χ1) is 8.50. The Kier molecular flexibility index (Phi) is 3.47. The van der Waals surface area contributed by atoms with Crippen LogP contribution in [0.3, 0.4) is 0 Å². The van der Waals surface area contributed by atoms with Gasteiger partial charge in [0.15, 0.2) is 11.6 Å². The molecule has 1 atom stereocenters. The third kappa shape index (κ3) is 2.28. The summed E-state index contributed by atoms with van der Waals surface area (Å²) in [5.74, 6) is -3.86. The fraction of sp³-hybridized carbons (Fsp3) is 0.417. The summed E-state index contributed by atoms with van der Waals surface area (Å²) >= 11 is 0. The highest BCUT2D eigenvalue weighted by molar-refractivity contribution is 5.88. The average Bonchev–Trinajstić information content (AvgIpc) is 2.32. The SMILES string of the molecule is C[C@H]1CN(c2ccc(C(=O)O)c(F)c2F)CCN1. The van der Waals surface area contributed by atoms with Gasteiger partial charge in [0, 0.05) is 25.7 Å². The zero-order valence-electron chi connectivity index (χ0n) is 9.91. The second-order valence-corrected chi connectivity index (χ2v) is 4.37. The zero-order valence-corrected chi connectivity index (χ0v) is 9.91. The number of nitrogens with one attached hydrogen (secondary N) is 1. The van der Waals surface area contributed by atoms with Gasteiger partial charge in [0.2, 0.25) is 0 Å². The van der Waals surface area contributed by atoms with Crippen molar-refractivity contribution in [3.63, 3.8) is 0 Å². The average molecular weight is 256 g/mol. The number of benzene rings is 1. The highest BCUT2D eigenvalue weighted by atomic mass is 19.2. The first-order valence-corrected chi connectivity index (χ1v) is 5.70. The van der Waals surface area contributed by atoms with E-state index in [0.717, 1.165) is 6.07 Å². The van der Waals surface area contributed by atoms with Gasteiger partial charge < -0.3 is 15.3 Å². The molecule has 1 aromatic rings. The number of carbonyl (C=O) groups is 1. The van der Waals surface area contributed by atoms with Crippen LogP contribution in [0.1, 0.15) is 17.3 Å². The van der Waals surface area contributed by atoms with E-state index < -0.39 is 23.2 Å². The molecular weight excluding hydrogens is 242 g/mol. The number of hydrogen-bond acceptors (Lipinski definition) is 3. The number of carboxylic acid groups (broad SMARTS) is 1. The van der Waals surface area contributed by atoms with Crippen LogP contribution in [0.2, 0.25) is 0 Å². The van der Waals surface area contributed by atoms with Crippen LogP contribution in [0.4, 0.5) is 14.5 Å². The van der Waals surface area contributed by atoms with Crippen molar-refractivity contribution < 1.29 is 18.7 Å². The molecule has 4 nitrogen and oxygen atoms in total. The lowest BCUT2D eigenvalue weighted by molar-refractivity contribution is 0.0690. The summed E-state index contributed by atoms with van der Waals surface area (Å²) in [7, 11) is 0. The zero-order chi connectivity index (χ0) is 13.3. The number of nitrogens with zero attached hydrogens (tertiary/aromatic N) is 1. The molecule has 0 radical (unpaired) electrons. The Balaban J connectivity index is 2.34. The van der Waals surface area contributed by atoms with Crippen LogP contribution in [-0.2, 0) is 0 Å². The van der Waals surface area contributed by atoms with Gasteiger partial charge >= 0.3 is 5.97 Å². The minimum atomic E-state index is -1.47. The van der Waals surface area contributed by atoms with Crippen LogP contribution in [0.15, 0.2) is 12.1 Å². The van der Waals surface area contributed by atoms with Crippen molar-refractivity contribution in [2.75, 3.05) is 24.5 Å². The Morgan fingerprint density at radius 3 is 2.78 bits per heavy atom. The summed E-state index contributed by atoms with van der Waals surface area (Å²) in [6.07, 6.45) is 0. The molecule has 18 heavy (non-hydrogen) atoms. The Morgan fingerprint density at radius 1 is 1.44 bits per heavy atom. The highest BCUT2D eigenvalue weighted by Gasteiger charge is 2.23.